The second-order valence-electron chi connectivity index (χ2n) is 5.86. The van der Waals surface area contributed by atoms with Crippen molar-refractivity contribution in [2.24, 2.45) is 0 Å². The normalized spacial score (nSPS) is 14.3. The summed E-state index contributed by atoms with van der Waals surface area (Å²) < 4.78 is 119. The van der Waals surface area contributed by atoms with Crippen molar-refractivity contribution in [3.8, 4) is 5.75 Å². The zero-order chi connectivity index (χ0) is 20.4. The highest BCUT2D eigenvalue weighted by Crippen LogP contribution is 2.60. The molecule has 0 unspecified atom stereocenters. The fraction of sp³-hybridized carbons (Fsp3) is 0.250. The van der Waals surface area contributed by atoms with E-state index in [1.165, 1.54) is 12.1 Å². The summed E-state index contributed by atoms with van der Waals surface area (Å²) in [5.74, 6) is -0.359. The Balaban J connectivity index is 2.44. The molecule has 0 aliphatic carbocycles. The number of aromatic nitrogens is 1. The minimum Gasteiger partial charge on any atom is -0.508 e. The topological polar surface area (TPSA) is 36.0 Å². The van der Waals surface area contributed by atoms with Crippen LogP contribution in [0.2, 0.25) is 0 Å². The molecule has 0 saturated carbocycles. The number of aromatic amines is 1. The molecule has 0 amide bonds. The van der Waals surface area contributed by atoms with Crippen molar-refractivity contribution in [2.45, 2.75) is 23.9 Å². The van der Waals surface area contributed by atoms with Crippen molar-refractivity contribution in [2.75, 3.05) is 0 Å². The third-order valence-electron chi connectivity index (χ3n) is 4.29. The molecule has 0 atom stereocenters. The van der Waals surface area contributed by atoms with Gasteiger partial charge < -0.3 is 10.1 Å². The lowest BCUT2D eigenvalue weighted by Gasteiger charge is -2.38. The van der Waals surface area contributed by atoms with Gasteiger partial charge in [0.05, 0.1) is 0 Å². The monoisotopic (exact) mass is 401 g/mol. The van der Waals surface area contributed by atoms with Crippen LogP contribution in [0, 0.1) is 0 Å². The quantitative estimate of drug-likeness (QED) is 0.486. The van der Waals surface area contributed by atoms with E-state index in [-0.39, 0.29) is 39.7 Å². The van der Waals surface area contributed by atoms with Crippen molar-refractivity contribution in [1.29, 1.82) is 0 Å². The van der Waals surface area contributed by atoms with E-state index in [4.69, 9.17) is 0 Å². The lowest BCUT2D eigenvalue weighted by atomic mass is 9.77. The number of phenolic OH excluding ortho intramolecular Hbond substituents is 1. The summed E-state index contributed by atoms with van der Waals surface area (Å²) in [6.45, 7) is 0. The van der Waals surface area contributed by atoms with Gasteiger partial charge in [-0.05, 0) is 35.9 Å². The number of H-pyrrole nitrogens is 1. The first-order valence-electron chi connectivity index (χ1n) is 7.15. The summed E-state index contributed by atoms with van der Waals surface area (Å²) in [7, 11) is 0. The molecule has 146 valence electrons. The van der Waals surface area contributed by atoms with Crippen LogP contribution in [0.1, 0.15) is 5.56 Å². The van der Waals surface area contributed by atoms with Crippen LogP contribution >= 0.6 is 0 Å². The highest BCUT2D eigenvalue weighted by Gasteiger charge is 2.84. The molecule has 0 fully saturated rings. The number of benzene rings is 2. The number of aromatic hydroxyl groups is 1. The maximum atomic E-state index is 13.3. The zero-order valence-corrected chi connectivity index (χ0v) is 12.8. The van der Waals surface area contributed by atoms with Crippen molar-refractivity contribution in [3.63, 3.8) is 0 Å². The Morgan fingerprint density at radius 3 is 1.56 bits per heavy atom. The first-order valence-corrected chi connectivity index (χ1v) is 7.15. The molecule has 2 aromatic carbocycles. The van der Waals surface area contributed by atoms with Gasteiger partial charge in [-0.15, -0.1) is 0 Å². The lowest BCUT2D eigenvalue weighted by molar-refractivity contribution is -0.387. The Bertz CT molecular complexity index is 975. The maximum Gasteiger partial charge on any atom is 0.416 e. The SMILES string of the molecule is Oc1ccc2[nH]c3ccc(C(C(F)(F)F)(C(F)(F)F)C(F)(F)F)cc3c2c1. The summed E-state index contributed by atoms with van der Waals surface area (Å²) in [6, 6.07) is 4.56. The Morgan fingerprint density at radius 2 is 1.07 bits per heavy atom. The predicted molar refractivity (Wildman–Crippen MR) is 77.3 cm³/mol. The van der Waals surface area contributed by atoms with Crippen LogP contribution in [0.3, 0.4) is 0 Å². The fourth-order valence-corrected chi connectivity index (χ4v) is 3.09. The van der Waals surface area contributed by atoms with Crippen LogP contribution in [-0.4, -0.2) is 28.6 Å². The van der Waals surface area contributed by atoms with Gasteiger partial charge >= 0.3 is 18.5 Å². The van der Waals surface area contributed by atoms with E-state index in [9.17, 15) is 44.6 Å². The van der Waals surface area contributed by atoms with Crippen molar-refractivity contribution < 1.29 is 44.6 Å². The molecule has 0 aliphatic heterocycles. The number of rotatable bonds is 1. The molecule has 3 aromatic rings. The number of fused-ring (bicyclic) bond motifs is 3. The average molecular weight is 401 g/mol. The molecular weight excluding hydrogens is 393 g/mol. The van der Waals surface area contributed by atoms with Crippen LogP contribution in [0.25, 0.3) is 21.8 Å². The molecule has 11 heteroatoms. The molecule has 3 rings (SSSR count). The molecule has 27 heavy (non-hydrogen) atoms. The maximum absolute atomic E-state index is 13.3. The van der Waals surface area contributed by atoms with E-state index in [0.29, 0.717) is 6.07 Å². The molecule has 2 nitrogen and oxygen atoms in total. The Hall–Kier alpha value is -2.59. The second-order valence-corrected chi connectivity index (χ2v) is 5.86. The van der Waals surface area contributed by atoms with E-state index in [1.54, 1.807) is 0 Å². The summed E-state index contributed by atoms with van der Waals surface area (Å²) in [6.07, 6.45) is -20.1. The molecular formula is C16H8F9NO. The van der Waals surface area contributed by atoms with Gasteiger partial charge in [0.15, 0.2) is 0 Å². The first-order chi connectivity index (χ1) is 12.2. The third-order valence-corrected chi connectivity index (χ3v) is 4.29. The third kappa shape index (κ3) is 2.59. The van der Waals surface area contributed by atoms with Crippen LogP contribution in [-0.2, 0) is 5.41 Å². The molecule has 0 saturated heterocycles. The summed E-state index contributed by atoms with van der Waals surface area (Å²) in [5, 5.41) is 9.13. The van der Waals surface area contributed by atoms with Crippen LogP contribution < -0.4 is 0 Å². The minimum atomic E-state index is -6.69. The predicted octanol–water partition coefficient (Wildman–Crippen LogP) is 5.95. The Kier molecular flexibility index (Phi) is 3.88. The summed E-state index contributed by atoms with van der Waals surface area (Å²) in [5.41, 5.74) is -7.83. The van der Waals surface area contributed by atoms with Crippen LogP contribution in [0.5, 0.6) is 5.75 Å². The zero-order valence-electron chi connectivity index (χ0n) is 12.8. The molecule has 0 bridgehead atoms. The molecule has 0 aliphatic rings. The van der Waals surface area contributed by atoms with Crippen molar-refractivity contribution in [1.82, 2.24) is 4.98 Å². The van der Waals surface area contributed by atoms with Gasteiger partial charge in [-0.25, -0.2) is 0 Å². The van der Waals surface area contributed by atoms with Gasteiger partial charge in [0.1, 0.15) is 5.75 Å². The number of alkyl halides is 9. The highest BCUT2D eigenvalue weighted by atomic mass is 19.4. The first kappa shape index (κ1) is 19.2. The number of hydrogen-bond donors (Lipinski definition) is 2. The minimum absolute atomic E-state index is 0.0137. The van der Waals surface area contributed by atoms with Gasteiger partial charge in [-0.3, -0.25) is 0 Å². The Morgan fingerprint density at radius 1 is 0.630 bits per heavy atom. The smallest absolute Gasteiger partial charge is 0.416 e. The molecule has 1 heterocycles. The summed E-state index contributed by atoms with van der Waals surface area (Å²) >= 11 is 0. The lowest BCUT2D eigenvalue weighted by Crippen LogP contribution is -2.63. The largest absolute Gasteiger partial charge is 0.508 e. The molecule has 2 N–H and O–H groups in total. The number of nitrogens with one attached hydrogen (secondary N) is 1. The van der Waals surface area contributed by atoms with E-state index in [2.05, 4.69) is 4.98 Å². The molecule has 1 aromatic heterocycles. The number of hydrogen-bond acceptors (Lipinski definition) is 1. The van der Waals surface area contributed by atoms with E-state index in [1.807, 2.05) is 0 Å². The molecule has 0 radical (unpaired) electrons. The second kappa shape index (κ2) is 5.46. The number of phenols is 1. The van der Waals surface area contributed by atoms with Gasteiger partial charge in [0.25, 0.3) is 5.41 Å². The average Bonchev–Trinajstić information content (AvgIpc) is 2.80. The number of halogens is 9. The van der Waals surface area contributed by atoms with Gasteiger partial charge in [0, 0.05) is 21.8 Å². The van der Waals surface area contributed by atoms with Crippen LogP contribution in [0.15, 0.2) is 36.4 Å². The van der Waals surface area contributed by atoms with Gasteiger partial charge in [-0.1, -0.05) is 6.07 Å². The highest BCUT2D eigenvalue weighted by molar-refractivity contribution is 6.08. The Labute approximate surface area is 144 Å². The van der Waals surface area contributed by atoms with E-state index >= 15 is 0 Å². The fourth-order valence-electron chi connectivity index (χ4n) is 3.09. The molecule has 0 spiro atoms. The van der Waals surface area contributed by atoms with Crippen LogP contribution in [0.4, 0.5) is 39.5 Å². The van der Waals surface area contributed by atoms with Crippen molar-refractivity contribution in [3.05, 3.63) is 42.0 Å². The van der Waals surface area contributed by atoms with Gasteiger partial charge in [0.2, 0.25) is 0 Å². The van der Waals surface area contributed by atoms with Crippen molar-refractivity contribution >= 4 is 21.8 Å². The standard InChI is InChI=1S/C16H8F9NO/c17-14(18,19)13(15(20,21)22,16(23,24)25)7-1-3-11-9(5-7)10-6-8(27)2-4-12(10)26-11/h1-6,26-27H. The van der Waals surface area contributed by atoms with E-state index in [0.717, 1.165) is 6.07 Å². The summed E-state index contributed by atoms with van der Waals surface area (Å²) in [4.78, 5) is 2.65. The van der Waals surface area contributed by atoms with E-state index < -0.39 is 29.5 Å². The van der Waals surface area contributed by atoms with Gasteiger partial charge in [-0.2, -0.15) is 39.5 Å².